The number of ether oxygens (including phenoxy) is 1. The number of halogens is 3. The van der Waals surface area contributed by atoms with Crippen molar-refractivity contribution in [3.8, 4) is 0 Å². The molecule has 0 aliphatic heterocycles. The van der Waals surface area contributed by atoms with E-state index in [-0.39, 0.29) is 36.4 Å². The van der Waals surface area contributed by atoms with Gasteiger partial charge in [-0.1, -0.05) is 20.3 Å². The molecule has 2 saturated carbocycles. The van der Waals surface area contributed by atoms with Crippen molar-refractivity contribution in [2.75, 3.05) is 6.61 Å². The molecule has 2 nitrogen and oxygen atoms in total. The fourth-order valence-corrected chi connectivity index (χ4v) is 3.58. The first-order valence-electron chi connectivity index (χ1n) is 7.69. The lowest BCUT2D eigenvalue weighted by Crippen LogP contribution is -2.63. The van der Waals surface area contributed by atoms with Crippen LogP contribution >= 0.6 is 0 Å². The number of alkyl halides is 3. The highest BCUT2D eigenvalue weighted by Crippen LogP contribution is 2.44. The van der Waals surface area contributed by atoms with E-state index in [4.69, 9.17) is 4.74 Å². The van der Waals surface area contributed by atoms with E-state index in [0.29, 0.717) is 13.0 Å². The molecular formula is C15H26F3NO. The topological polar surface area (TPSA) is 21.3 Å². The molecule has 2 rings (SSSR count). The summed E-state index contributed by atoms with van der Waals surface area (Å²) in [6.45, 7) is 6.95. The summed E-state index contributed by atoms with van der Waals surface area (Å²) in [5.41, 5.74) is 0.0151. The van der Waals surface area contributed by atoms with Crippen LogP contribution in [0.15, 0.2) is 0 Å². The van der Waals surface area contributed by atoms with Crippen LogP contribution in [0, 0.1) is 11.3 Å². The van der Waals surface area contributed by atoms with Crippen LogP contribution in [0.5, 0.6) is 0 Å². The lowest BCUT2D eigenvalue weighted by atomic mass is 9.64. The third-order valence-corrected chi connectivity index (χ3v) is 5.12. The second kappa shape index (κ2) is 5.84. The Kier molecular flexibility index (Phi) is 4.69. The van der Waals surface area contributed by atoms with Gasteiger partial charge in [0.05, 0.1) is 12.0 Å². The highest BCUT2D eigenvalue weighted by Gasteiger charge is 2.50. The molecule has 4 atom stereocenters. The van der Waals surface area contributed by atoms with Gasteiger partial charge in [-0.3, -0.25) is 0 Å². The number of nitrogens with one attached hydrogen (secondary N) is 1. The van der Waals surface area contributed by atoms with Gasteiger partial charge in [0.15, 0.2) is 0 Å². The Morgan fingerprint density at radius 2 is 1.90 bits per heavy atom. The quantitative estimate of drug-likeness (QED) is 0.849. The van der Waals surface area contributed by atoms with Gasteiger partial charge < -0.3 is 10.1 Å². The fraction of sp³-hybridized carbons (Fsp3) is 1.00. The molecule has 2 aliphatic carbocycles. The molecule has 118 valence electrons. The Balaban J connectivity index is 1.85. The molecule has 0 radical (unpaired) electrons. The summed E-state index contributed by atoms with van der Waals surface area (Å²) in [6.07, 6.45) is -0.848. The molecular weight excluding hydrogens is 267 g/mol. The van der Waals surface area contributed by atoms with E-state index in [0.717, 1.165) is 12.8 Å². The van der Waals surface area contributed by atoms with E-state index in [1.54, 1.807) is 0 Å². The highest BCUT2D eigenvalue weighted by atomic mass is 19.4. The average molecular weight is 293 g/mol. The molecule has 0 saturated heterocycles. The maximum atomic E-state index is 12.8. The van der Waals surface area contributed by atoms with Crippen LogP contribution in [0.2, 0.25) is 0 Å². The molecule has 0 spiro atoms. The Labute approximate surface area is 119 Å². The molecule has 0 amide bonds. The molecule has 2 fully saturated rings. The van der Waals surface area contributed by atoms with Gasteiger partial charge in [-0.2, -0.15) is 13.2 Å². The zero-order valence-electron chi connectivity index (χ0n) is 12.6. The summed E-state index contributed by atoms with van der Waals surface area (Å²) in [5.74, 6) is -1.13. The zero-order chi connectivity index (χ0) is 15.0. The first-order valence-corrected chi connectivity index (χ1v) is 7.69. The van der Waals surface area contributed by atoms with Crippen molar-refractivity contribution in [1.82, 2.24) is 5.32 Å². The lowest BCUT2D eigenvalue weighted by molar-refractivity contribution is -0.185. The lowest BCUT2D eigenvalue weighted by Gasteiger charge is -2.53. The number of hydrogen-bond donors (Lipinski definition) is 1. The summed E-state index contributed by atoms with van der Waals surface area (Å²) in [7, 11) is 0. The van der Waals surface area contributed by atoms with Crippen molar-refractivity contribution in [3.63, 3.8) is 0 Å². The van der Waals surface area contributed by atoms with E-state index in [9.17, 15) is 13.2 Å². The normalized spacial score (nSPS) is 37.5. The van der Waals surface area contributed by atoms with Crippen LogP contribution in [0.25, 0.3) is 0 Å². The van der Waals surface area contributed by atoms with Gasteiger partial charge in [-0.15, -0.1) is 0 Å². The summed E-state index contributed by atoms with van der Waals surface area (Å²) >= 11 is 0. The molecule has 20 heavy (non-hydrogen) atoms. The van der Waals surface area contributed by atoms with E-state index in [1.807, 2.05) is 6.92 Å². The molecule has 0 aromatic heterocycles. The van der Waals surface area contributed by atoms with Crippen LogP contribution in [0.3, 0.4) is 0 Å². The zero-order valence-corrected chi connectivity index (χ0v) is 12.6. The largest absolute Gasteiger partial charge is 0.391 e. The van der Waals surface area contributed by atoms with Gasteiger partial charge in [0.25, 0.3) is 0 Å². The van der Waals surface area contributed by atoms with Crippen LogP contribution in [-0.2, 0) is 4.74 Å². The minimum atomic E-state index is -4.04. The van der Waals surface area contributed by atoms with Crippen molar-refractivity contribution >= 4 is 0 Å². The second-order valence-corrected chi connectivity index (χ2v) is 6.82. The Hall–Kier alpha value is -0.290. The molecule has 4 unspecified atom stereocenters. The average Bonchev–Trinajstić information content (AvgIpc) is 2.37. The summed E-state index contributed by atoms with van der Waals surface area (Å²) in [6, 6.07) is 0.276. The van der Waals surface area contributed by atoms with Crippen LogP contribution in [0.4, 0.5) is 13.2 Å². The maximum Gasteiger partial charge on any atom is 0.391 e. The number of hydrogen-bond acceptors (Lipinski definition) is 2. The predicted octanol–water partition coefficient (Wildman–Crippen LogP) is 3.90. The van der Waals surface area contributed by atoms with Gasteiger partial charge in [0.1, 0.15) is 0 Å². The maximum absolute atomic E-state index is 12.8. The summed E-state index contributed by atoms with van der Waals surface area (Å²) in [4.78, 5) is 0. The molecule has 0 bridgehead atoms. The Morgan fingerprint density at radius 1 is 1.20 bits per heavy atom. The summed E-state index contributed by atoms with van der Waals surface area (Å²) < 4.78 is 44.1. The Bertz CT molecular complexity index is 330. The van der Waals surface area contributed by atoms with E-state index >= 15 is 0 Å². The predicted molar refractivity (Wildman–Crippen MR) is 72.5 cm³/mol. The molecule has 5 heteroatoms. The van der Waals surface area contributed by atoms with Crippen molar-refractivity contribution in [2.45, 2.75) is 77.2 Å². The minimum Gasteiger partial charge on any atom is -0.378 e. The molecule has 0 heterocycles. The van der Waals surface area contributed by atoms with Crippen molar-refractivity contribution in [1.29, 1.82) is 0 Å². The highest BCUT2D eigenvalue weighted by molar-refractivity contribution is 5.04. The molecule has 1 N–H and O–H groups in total. The second-order valence-electron chi connectivity index (χ2n) is 6.82. The van der Waals surface area contributed by atoms with E-state index in [2.05, 4.69) is 19.2 Å². The van der Waals surface area contributed by atoms with E-state index in [1.165, 1.54) is 0 Å². The molecule has 0 aromatic carbocycles. The van der Waals surface area contributed by atoms with E-state index < -0.39 is 12.1 Å². The first-order chi connectivity index (χ1) is 9.25. The van der Waals surface area contributed by atoms with Gasteiger partial charge in [-0.25, -0.2) is 0 Å². The van der Waals surface area contributed by atoms with Crippen molar-refractivity contribution < 1.29 is 17.9 Å². The van der Waals surface area contributed by atoms with Crippen LogP contribution in [-0.4, -0.2) is 31.0 Å². The van der Waals surface area contributed by atoms with Crippen LogP contribution in [0.1, 0.15) is 52.9 Å². The van der Waals surface area contributed by atoms with Gasteiger partial charge in [0, 0.05) is 24.1 Å². The van der Waals surface area contributed by atoms with Crippen molar-refractivity contribution in [3.05, 3.63) is 0 Å². The third kappa shape index (κ3) is 3.30. The molecule has 0 aromatic rings. The fourth-order valence-electron chi connectivity index (χ4n) is 3.58. The van der Waals surface area contributed by atoms with Crippen molar-refractivity contribution in [2.24, 2.45) is 11.3 Å². The molecule has 2 aliphatic rings. The summed E-state index contributed by atoms with van der Waals surface area (Å²) in [5, 5.41) is 3.46. The first kappa shape index (κ1) is 16.1. The third-order valence-electron chi connectivity index (χ3n) is 5.12. The number of rotatable bonds is 4. The SMILES string of the molecule is CCOC1CC(NC2CCCC(C(F)(F)F)C2)C1(C)C. The monoisotopic (exact) mass is 293 g/mol. The standard InChI is InChI=1S/C15H26F3NO/c1-4-20-13-9-12(14(13,2)3)19-11-7-5-6-10(8-11)15(16,17)18/h10-13,19H,4-9H2,1-3H3. The Morgan fingerprint density at radius 3 is 2.45 bits per heavy atom. The van der Waals surface area contributed by atoms with Gasteiger partial charge in [-0.05, 0) is 32.6 Å². The van der Waals surface area contributed by atoms with Gasteiger partial charge in [0.2, 0.25) is 0 Å². The smallest absolute Gasteiger partial charge is 0.378 e. The van der Waals surface area contributed by atoms with Gasteiger partial charge >= 0.3 is 6.18 Å². The van der Waals surface area contributed by atoms with Crippen LogP contribution < -0.4 is 5.32 Å². The minimum absolute atomic E-state index is 0.00206.